The number of halogens is 2. The Balaban J connectivity index is 2.36. The summed E-state index contributed by atoms with van der Waals surface area (Å²) < 4.78 is 18.5. The fourth-order valence-corrected chi connectivity index (χ4v) is 1.55. The number of ether oxygens (including phenoxy) is 1. The quantitative estimate of drug-likeness (QED) is 0.907. The Kier molecular flexibility index (Phi) is 3.34. The number of hydrogen-bond acceptors (Lipinski definition) is 4. The molecule has 0 saturated heterocycles. The molecule has 2 aromatic rings. The van der Waals surface area contributed by atoms with Crippen molar-refractivity contribution in [2.45, 2.75) is 13.8 Å². The molecule has 0 atom stereocenters. The van der Waals surface area contributed by atoms with Crippen molar-refractivity contribution in [2.75, 3.05) is 5.73 Å². The standard InChI is InChI=1S/C12H11ClFN3O/c1-6-11(15)16-7(2)17-12(6)18-8-3-4-10(14)9(13)5-8/h3-5H,1-2H3,(H2,15,16,17). The van der Waals surface area contributed by atoms with Crippen molar-refractivity contribution in [3.8, 4) is 11.6 Å². The molecule has 0 spiro atoms. The number of aryl methyl sites for hydroxylation is 1. The summed E-state index contributed by atoms with van der Waals surface area (Å²) in [5.74, 6) is 1.08. The summed E-state index contributed by atoms with van der Waals surface area (Å²) in [4.78, 5) is 8.14. The van der Waals surface area contributed by atoms with Gasteiger partial charge in [-0.05, 0) is 26.0 Å². The van der Waals surface area contributed by atoms with Crippen LogP contribution in [0.1, 0.15) is 11.4 Å². The zero-order valence-electron chi connectivity index (χ0n) is 9.87. The molecule has 0 saturated carbocycles. The molecule has 18 heavy (non-hydrogen) atoms. The molecule has 1 heterocycles. The highest BCUT2D eigenvalue weighted by Crippen LogP contribution is 2.28. The second kappa shape index (κ2) is 4.78. The first kappa shape index (κ1) is 12.6. The van der Waals surface area contributed by atoms with E-state index in [2.05, 4.69) is 9.97 Å². The molecule has 2 rings (SSSR count). The van der Waals surface area contributed by atoms with Gasteiger partial charge in [-0.2, -0.15) is 4.98 Å². The Labute approximate surface area is 109 Å². The van der Waals surface area contributed by atoms with Crippen LogP contribution in [0.4, 0.5) is 10.2 Å². The molecule has 2 N–H and O–H groups in total. The molecule has 94 valence electrons. The lowest BCUT2D eigenvalue weighted by Gasteiger charge is -2.10. The minimum absolute atomic E-state index is 0.0103. The van der Waals surface area contributed by atoms with E-state index in [4.69, 9.17) is 22.1 Å². The van der Waals surface area contributed by atoms with Crippen molar-refractivity contribution in [3.05, 3.63) is 40.4 Å². The van der Waals surface area contributed by atoms with Crippen molar-refractivity contribution in [2.24, 2.45) is 0 Å². The fraction of sp³-hybridized carbons (Fsp3) is 0.167. The normalized spacial score (nSPS) is 10.4. The molecule has 0 fully saturated rings. The van der Waals surface area contributed by atoms with Crippen molar-refractivity contribution in [1.82, 2.24) is 9.97 Å². The van der Waals surface area contributed by atoms with Crippen LogP contribution >= 0.6 is 11.6 Å². The minimum atomic E-state index is -0.501. The summed E-state index contributed by atoms with van der Waals surface area (Å²) >= 11 is 5.67. The van der Waals surface area contributed by atoms with Gasteiger partial charge in [0.15, 0.2) is 0 Å². The first-order valence-electron chi connectivity index (χ1n) is 5.21. The van der Waals surface area contributed by atoms with Crippen LogP contribution in [0.5, 0.6) is 11.6 Å². The number of rotatable bonds is 2. The molecule has 0 amide bonds. The first-order chi connectivity index (χ1) is 8.47. The summed E-state index contributed by atoms with van der Waals surface area (Å²) in [6.07, 6.45) is 0. The van der Waals surface area contributed by atoms with Gasteiger partial charge >= 0.3 is 0 Å². The average Bonchev–Trinajstić information content (AvgIpc) is 2.30. The highest BCUT2D eigenvalue weighted by atomic mass is 35.5. The van der Waals surface area contributed by atoms with Crippen LogP contribution in [0.3, 0.4) is 0 Å². The van der Waals surface area contributed by atoms with Gasteiger partial charge in [-0.25, -0.2) is 9.37 Å². The van der Waals surface area contributed by atoms with Crippen LogP contribution in [0.15, 0.2) is 18.2 Å². The molecule has 4 nitrogen and oxygen atoms in total. The Bertz CT molecular complexity index is 604. The molecule has 6 heteroatoms. The number of benzene rings is 1. The fourth-order valence-electron chi connectivity index (χ4n) is 1.37. The third-order valence-electron chi connectivity index (χ3n) is 2.36. The zero-order valence-corrected chi connectivity index (χ0v) is 10.6. The van der Waals surface area contributed by atoms with Gasteiger partial charge in [-0.1, -0.05) is 11.6 Å². The molecular formula is C12H11ClFN3O. The second-order valence-corrected chi connectivity index (χ2v) is 4.17. The molecule has 0 aliphatic heterocycles. The maximum atomic E-state index is 13.0. The van der Waals surface area contributed by atoms with Crippen LogP contribution < -0.4 is 10.5 Å². The van der Waals surface area contributed by atoms with Gasteiger partial charge in [-0.15, -0.1) is 0 Å². The summed E-state index contributed by atoms with van der Waals surface area (Å²) in [5, 5.41) is -0.0103. The van der Waals surface area contributed by atoms with Gasteiger partial charge in [0.2, 0.25) is 5.88 Å². The number of aromatic nitrogens is 2. The van der Waals surface area contributed by atoms with Gasteiger partial charge in [-0.3, -0.25) is 0 Å². The Morgan fingerprint density at radius 2 is 2.00 bits per heavy atom. The summed E-state index contributed by atoms with van der Waals surface area (Å²) in [6.45, 7) is 3.45. The minimum Gasteiger partial charge on any atom is -0.438 e. The molecule has 0 radical (unpaired) electrons. The number of hydrogen-bond donors (Lipinski definition) is 1. The van der Waals surface area contributed by atoms with E-state index in [1.54, 1.807) is 13.8 Å². The lowest BCUT2D eigenvalue weighted by atomic mass is 10.3. The van der Waals surface area contributed by atoms with E-state index in [9.17, 15) is 4.39 Å². The molecular weight excluding hydrogens is 257 g/mol. The van der Waals surface area contributed by atoms with Gasteiger partial charge in [0, 0.05) is 6.07 Å². The molecule has 0 bridgehead atoms. The smallest absolute Gasteiger partial charge is 0.227 e. The van der Waals surface area contributed by atoms with Gasteiger partial charge in [0.1, 0.15) is 23.2 Å². The molecule has 1 aromatic heterocycles. The number of anilines is 1. The van der Waals surface area contributed by atoms with Crippen molar-refractivity contribution >= 4 is 17.4 Å². The Morgan fingerprint density at radius 1 is 1.28 bits per heavy atom. The van der Waals surface area contributed by atoms with Crippen LogP contribution in [-0.2, 0) is 0 Å². The van der Waals surface area contributed by atoms with E-state index in [1.165, 1.54) is 18.2 Å². The Hall–Kier alpha value is -1.88. The van der Waals surface area contributed by atoms with E-state index in [0.29, 0.717) is 28.8 Å². The SMILES string of the molecule is Cc1nc(N)c(C)c(Oc2ccc(F)c(Cl)c2)n1. The van der Waals surface area contributed by atoms with Crippen LogP contribution in [0.25, 0.3) is 0 Å². The van der Waals surface area contributed by atoms with E-state index < -0.39 is 5.82 Å². The van der Waals surface area contributed by atoms with Crippen LogP contribution in [-0.4, -0.2) is 9.97 Å². The van der Waals surface area contributed by atoms with E-state index >= 15 is 0 Å². The zero-order chi connectivity index (χ0) is 13.3. The number of nitrogens with zero attached hydrogens (tertiary/aromatic N) is 2. The van der Waals surface area contributed by atoms with E-state index in [-0.39, 0.29) is 5.02 Å². The second-order valence-electron chi connectivity index (χ2n) is 3.76. The number of nitrogens with two attached hydrogens (primary N) is 1. The van der Waals surface area contributed by atoms with Gasteiger partial charge in [0.05, 0.1) is 10.6 Å². The lowest BCUT2D eigenvalue weighted by Crippen LogP contribution is -2.02. The van der Waals surface area contributed by atoms with E-state index in [0.717, 1.165) is 0 Å². The monoisotopic (exact) mass is 267 g/mol. The van der Waals surface area contributed by atoms with Crippen molar-refractivity contribution in [3.63, 3.8) is 0 Å². The maximum Gasteiger partial charge on any atom is 0.227 e. The predicted octanol–water partition coefficient (Wildman–Crippen LogP) is 3.26. The molecule has 0 unspecified atom stereocenters. The summed E-state index contributed by atoms with van der Waals surface area (Å²) in [7, 11) is 0. The van der Waals surface area contributed by atoms with Gasteiger partial charge < -0.3 is 10.5 Å². The van der Waals surface area contributed by atoms with Crippen LogP contribution in [0, 0.1) is 19.7 Å². The number of nitrogen functional groups attached to an aromatic ring is 1. The molecule has 0 aliphatic carbocycles. The molecule has 0 aliphatic rings. The summed E-state index contributed by atoms with van der Waals surface area (Å²) in [5.41, 5.74) is 6.34. The third kappa shape index (κ3) is 2.51. The maximum absolute atomic E-state index is 13.0. The highest BCUT2D eigenvalue weighted by Gasteiger charge is 2.10. The van der Waals surface area contributed by atoms with Crippen molar-refractivity contribution < 1.29 is 9.13 Å². The molecule has 1 aromatic carbocycles. The Morgan fingerprint density at radius 3 is 2.67 bits per heavy atom. The van der Waals surface area contributed by atoms with E-state index in [1.807, 2.05) is 0 Å². The topological polar surface area (TPSA) is 61.0 Å². The summed E-state index contributed by atoms with van der Waals surface area (Å²) in [6, 6.07) is 4.07. The third-order valence-corrected chi connectivity index (χ3v) is 2.65. The largest absolute Gasteiger partial charge is 0.438 e. The van der Waals surface area contributed by atoms with Gasteiger partial charge in [0.25, 0.3) is 0 Å². The van der Waals surface area contributed by atoms with Crippen molar-refractivity contribution in [1.29, 1.82) is 0 Å². The highest BCUT2D eigenvalue weighted by molar-refractivity contribution is 6.30. The average molecular weight is 268 g/mol. The lowest BCUT2D eigenvalue weighted by molar-refractivity contribution is 0.454. The predicted molar refractivity (Wildman–Crippen MR) is 67.4 cm³/mol. The van der Waals surface area contributed by atoms with Crippen LogP contribution in [0.2, 0.25) is 5.02 Å². The first-order valence-corrected chi connectivity index (χ1v) is 5.59.